The van der Waals surface area contributed by atoms with Crippen molar-refractivity contribution in [3.05, 3.63) is 29.3 Å². The van der Waals surface area contributed by atoms with Gasteiger partial charge in [-0.3, -0.25) is 4.79 Å². The zero-order chi connectivity index (χ0) is 12.7. The molecule has 0 spiro atoms. The van der Waals surface area contributed by atoms with Crippen LogP contribution in [0.3, 0.4) is 0 Å². The van der Waals surface area contributed by atoms with Crippen LogP contribution in [0.4, 0.5) is 0 Å². The van der Waals surface area contributed by atoms with Crippen LogP contribution in [0.2, 0.25) is 0 Å². The minimum atomic E-state index is -0.404. The first kappa shape index (κ1) is 13.5. The molecule has 0 fully saturated rings. The molecule has 0 heterocycles. The summed E-state index contributed by atoms with van der Waals surface area (Å²) in [7, 11) is 0. The molecule has 17 heavy (non-hydrogen) atoms. The van der Waals surface area contributed by atoms with Gasteiger partial charge in [0.2, 0.25) is 5.91 Å². The maximum absolute atomic E-state index is 11.0. The number of rotatable bonds is 7. The number of ether oxygens (including phenoxy) is 1. The molecule has 0 atom stereocenters. The maximum Gasteiger partial charge on any atom is 0.248 e. The molecular formula is C13H20N2O2. The third kappa shape index (κ3) is 4.44. The zero-order valence-electron chi connectivity index (χ0n) is 10.5. The average Bonchev–Trinajstić information content (AvgIpc) is 2.28. The molecule has 1 rings (SSSR count). The van der Waals surface area contributed by atoms with Gasteiger partial charge in [0.1, 0.15) is 12.4 Å². The Balaban J connectivity index is 2.45. The van der Waals surface area contributed by atoms with Gasteiger partial charge in [0, 0.05) is 12.1 Å². The molecule has 0 unspecified atom stereocenters. The summed E-state index contributed by atoms with van der Waals surface area (Å²) < 4.78 is 5.55. The van der Waals surface area contributed by atoms with E-state index in [4.69, 9.17) is 10.5 Å². The van der Waals surface area contributed by atoms with Gasteiger partial charge in [0.25, 0.3) is 0 Å². The van der Waals surface area contributed by atoms with Crippen LogP contribution in [0.5, 0.6) is 5.75 Å². The van der Waals surface area contributed by atoms with E-state index in [2.05, 4.69) is 12.2 Å². The number of nitrogens with two attached hydrogens (primary N) is 1. The van der Waals surface area contributed by atoms with Crippen molar-refractivity contribution < 1.29 is 9.53 Å². The van der Waals surface area contributed by atoms with Crippen LogP contribution in [0.25, 0.3) is 0 Å². The van der Waals surface area contributed by atoms with Gasteiger partial charge in [-0.1, -0.05) is 6.92 Å². The van der Waals surface area contributed by atoms with Crippen molar-refractivity contribution >= 4 is 5.91 Å². The largest absolute Gasteiger partial charge is 0.492 e. The van der Waals surface area contributed by atoms with Gasteiger partial charge in [-0.25, -0.2) is 0 Å². The second-order valence-corrected chi connectivity index (χ2v) is 3.94. The van der Waals surface area contributed by atoms with Crippen LogP contribution in [-0.4, -0.2) is 25.6 Å². The summed E-state index contributed by atoms with van der Waals surface area (Å²) in [6.07, 6.45) is 1.12. The van der Waals surface area contributed by atoms with E-state index < -0.39 is 5.91 Å². The van der Waals surface area contributed by atoms with Crippen LogP contribution in [0.15, 0.2) is 18.2 Å². The molecule has 0 aliphatic carbocycles. The number of carbonyl (C=O) groups is 1. The number of benzene rings is 1. The van der Waals surface area contributed by atoms with Gasteiger partial charge in [-0.2, -0.15) is 0 Å². The van der Waals surface area contributed by atoms with Crippen LogP contribution in [0, 0.1) is 6.92 Å². The molecule has 0 aliphatic rings. The quantitative estimate of drug-likeness (QED) is 0.705. The van der Waals surface area contributed by atoms with Gasteiger partial charge in [-0.05, 0) is 43.7 Å². The summed E-state index contributed by atoms with van der Waals surface area (Å²) in [5, 5.41) is 3.25. The van der Waals surface area contributed by atoms with E-state index in [0.717, 1.165) is 30.8 Å². The van der Waals surface area contributed by atoms with Crippen LogP contribution in [-0.2, 0) is 0 Å². The lowest BCUT2D eigenvalue weighted by Gasteiger charge is -2.09. The second-order valence-electron chi connectivity index (χ2n) is 3.94. The van der Waals surface area contributed by atoms with E-state index in [1.165, 1.54) is 0 Å². The lowest BCUT2D eigenvalue weighted by molar-refractivity contribution is 0.0999. The third-order valence-corrected chi connectivity index (χ3v) is 2.44. The van der Waals surface area contributed by atoms with Crippen LogP contribution < -0.4 is 15.8 Å². The molecular weight excluding hydrogens is 216 g/mol. The smallest absolute Gasteiger partial charge is 0.248 e. The highest BCUT2D eigenvalue weighted by molar-refractivity contribution is 5.94. The van der Waals surface area contributed by atoms with Gasteiger partial charge in [0.15, 0.2) is 0 Å². The Morgan fingerprint density at radius 2 is 2.18 bits per heavy atom. The summed E-state index contributed by atoms with van der Waals surface area (Å²) in [4.78, 5) is 11.0. The second kappa shape index (κ2) is 6.91. The van der Waals surface area contributed by atoms with Crippen molar-refractivity contribution in [2.75, 3.05) is 19.7 Å². The fourth-order valence-corrected chi connectivity index (χ4v) is 1.55. The Labute approximate surface area is 102 Å². The number of aryl methyl sites for hydroxylation is 1. The van der Waals surface area contributed by atoms with E-state index in [1.807, 2.05) is 13.0 Å². The molecule has 0 aromatic heterocycles. The van der Waals surface area contributed by atoms with Gasteiger partial charge < -0.3 is 15.8 Å². The van der Waals surface area contributed by atoms with E-state index in [0.29, 0.717) is 12.2 Å². The predicted molar refractivity (Wildman–Crippen MR) is 68.4 cm³/mol. The van der Waals surface area contributed by atoms with Crippen LogP contribution >= 0.6 is 0 Å². The van der Waals surface area contributed by atoms with Crippen LogP contribution in [0.1, 0.15) is 29.3 Å². The molecule has 0 saturated heterocycles. The number of nitrogens with one attached hydrogen (secondary N) is 1. The molecule has 0 aliphatic heterocycles. The lowest BCUT2D eigenvalue weighted by atomic mass is 10.1. The van der Waals surface area contributed by atoms with Crippen molar-refractivity contribution in [3.63, 3.8) is 0 Å². The molecule has 4 nitrogen and oxygen atoms in total. The highest BCUT2D eigenvalue weighted by Gasteiger charge is 2.05. The first-order valence-electron chi connectivity index (χ1n) is 5.89. The molecule has 0 radical (unpaired) electrons. The first-order valence-corrected chi connectivity index (χ1v) is 5.89. The van der Waals surface area contributed by atoms with Crippen molar-refractivity contribution in [2.45, 2.75) is 20.3 Å². The number of carbonyl (C=O) groups excluding carboxylic acids is 1. The summed E-state index contributed by atoms with van der Waals surface area (Å²) in [6.45, 7) is 6.42. The van der Waals surface area contributed by atoms with Crippen molar-refractivity contribution in [1.29, 1.82) is 0 Å². The molecule has 1 aromatic carbocycles. The maximum atomic E-state index is 11.0. The van der Waals surface area contributed by atoms with E-state index in [-0.39, 0.29) is 0 Å². The molecule has 1 aromatic rings. The predicted octanol–water partition coefficient (Wildman–Crippen LogP) is 1.47. The fraction of sp³-hybridized carbons (Fsp3) is 0.462. The first-order chi connectivity index (χ1) is 8.15. The van der Waals surface area contributed by atoms with Crippen molar-refractivity contribution in [3.8, 4) is 5.75 Å². The summed E-state index contributed by atoms with van der Waals surface area (Å²) in [6, 6.07) is 5.30. The third-order valence-electron chi connectivity index (χ3n) is 2.44. The topological polar surface area (TPSA) is 64.3 Å². The standard InChI is InChI=1S/C13H20N2O2/c1-3-6-15-7-8-17-11-4-5-12(13(14)16)10(2)9-11/h4-5,9,15H,3,6-8H2,1-2H3,(H2,14,16). The Kier molecular flexibility index (Phi) is 5.49. The molecule has 1 amide bonds. The molecule has 0 bridgehead atoms. The van der Waals surface area contributed by atoms with Gasteiger partial charge in [-0.15, -0.1) is 0 Å². The summed E-state index contributed by atoms with van der Waals surface area (Å²) >= 11 is 0. The Hall–Kier alpha value is -1.55. The zero-order valence-corrected chi connectivity index (χ0v) is 10.5. The molecule has 3 N–H and O–H groups in total. The number of amides is 1. The van der Waals surface area contributed by atoms with E-state index >= 15 is 0 Å². The van der Waals surface area contributed by atoms with Crippen molar-refractivity contribution in [2.24, 2.45) is 5.73 Å². The number of hydrogen-bond acceptors (Lipinski definition) is 3. The number of primary amides is 1. The summed E-state index contributed by atoms with van der Waals surface area (Å²) in [5.41, 5.74) is 6.62. The minimum absolute atomic E-state index is 0.404. The van der Waals surface area contributed by atoms with E-state index in [9.17, 15) is 4.79 Å². The lowest BCUT2D eigenvalue weighted by Crippen LogP contribution is -2.21. The fourth-order valence-electron chi connectivity index (χ4n) is 1.55. The Morgan fingerprint density at radius 3 is 2.76 bits per heavy atom. The Morgan fingerprint density at radius 1 is 1.41 bits per heavy atom. The summed E-state index contributed by atoms with van der Waals surface area (Å²) in [5.74, 6) is 0.365. The molecule has 0 saturated carbocycles. The van der Waals surface area contributed by atoms with Gasteiger partial charge >= 0.3 is 0 Å². The highest BCUT2D eigenvalue weighted by atomic mass is 16.5. The molecule has 4 heteroatoms. The monoisotopic (exact) mass is 236 g/mol. The van der Waals surface area contributed by atoms with Gasteiger partial charge in [0.05, 0.1) is 0 Å². The average molecular weight is 236 g/mol. The minimum Gasteiger partial charge on any atom is -0.492 e. The normalized spacial score (nSPS) is 10.2. The van der Waals surface area contributed by atoms with E-state index in [1.54, 1.807) is 12.1 Å². The van der Waals surface area contributed by atoms with Crippen molar-refractivity contribution in [1.82, 2.24) is 5.32 Å². The number of hydrogen-bond donors (Lipinski definition) is 2. The highest BCUT2D eigenvalue weighted by Crippen LogP contribution is 2.16. The SMILES string of the molecule is CCCNCCOc1ccc(C(N)=O)c(C)c1. The Bertz CT molecular complexity index is 378. The molecule has 94 valence electrons.